The SMILES string of the molecule is CCCCOC(=O)NC(C#N)CCC#N. The highest BCUT2D eigenvalue weighted by atomic mass is 16.5. The van der Waals surface area contributed by atoms with E-state index < -0.39 is 12.1 Å². The van der Waals surface area contributed by atoms with Crippen molar-refractivity contribution in [3.8, 4) is 12.1 Å². The highest BCUT2D eigenvalue weighted by Gasteiger charge is 2.11. The summed E-state index contributed by atoms with van der Waals surface area (Å²) in [6.07, 6.45) is 1.74. The molecule has 0 aromatic carbocycles. The van der Waals surface area contributed by atoms with Crippen molar-refractivity contribution in [1.82, 2.24) is 5.32 Å². The molecule has 0 fully saturated rings. The minimum atomic E-state index is -0.640. The van der Waals surface area contributed by atoms with E-state index in [0.29, 0.717) is 13.0 Å². The van der Waals surface area contributed by atoms with Crippen molar-refractivity contribution in [1.29, 1.82) is 10.5 Å². The van der Waals surface area contributed by atoms with Gasteiger partial charge < -0.3 is 10.1 Å². The fourth-order valence-electron chi connectivity index (χ4n) is 0.871. The first-order chi connectivity index (χ1) is 7.24. The van der Waals surface area contributed by atoms with Crippen molar-refractivity contribution in [3.05, 3.63) is 0 Å². The molecular formula is C10H15N3O2. The summed E-state index contributed by atoms with van der Waals surface area (Å²) < 4.78 is 4.81. The van der Waals surface area contributed by atoms with E-state index in [9.17, 15) is 4.79 Å². The lowest BCUT2D eigenvalue weighted by atomic mass is 10.2. The van der Waals surface area contributed by atoms with Gasteiger partial charge in [-0.25, -0.2) is 4.79 Å². The summed E-state index contributed by atoms with van der Waals surface area (Å²) in [5.41, 5.74) is 0. The predicted molar refractivity (Wildman–Crippen MR) is 53.6 cm³/mol. The summed E-state index contributed by atoms with van der Waals surface area (Å²) in [4.78, 5) is 11.1. The van der Waals surface area contributed by atoms with Crippen LogP contribution in [0.2, 0.25) is 0 Å². The van der Waals surface area contributed by atoms with Crippen LogP contribution in [0.3, 0.4) is 0 Å². The van der Waals surface area contributed by atoms with Crippen LogP contribution in [0.5, 0.6) is 0 Å². The van der Waals surface area contributed by atoms with Crippen LogP contribution in [0.15, 0.2) is 0 Å². The van der Waals surface area contributed by atoms with Gasteiger partial charge in [0.05, 0.1) is 18.7 Å². The number of hydrogen-bond donors (Lipinski definition) is 1. The third-order valence-electron chi connectivity index (χ3n) is 1.72. The maximum atomic E-state index is 11.1. The highest BCUT2D eigenvalue weighted by Crippen LogP contribution is 1.96. The second kappa shape index (κ2) is 8.83. The lowest BCUT2D eigenvalue weighted by Gasteiger charge is -2.09. The van der Waals surface area contributed by atoms with Gasteiger partial charge in [-0.2, -0.15) is 10.5 Å². The van der Waals surface area contributed by atoms with Crippen LogP contribution in [0.4, 0.5) is 4.79 Å². The van der Waals surface area contributed by atoms with Crippen LogP contribution < -0.4 is 5.32 Å². The van der Waals surface area contributed by atoms with Crippen LogP contribution >= 0.6 is 0 Å². The van der Waals surface area contributed by atoms with Gasteiger partial charge in [0.25, 0.3) is 0 Å². The van der Waals surface area contributed by atoms with Gasteiger partial charge in [0.15, 0.2) is 0 Å². The third-order valence-corrected chi connectivity index (χ3v) is 1.72. The lowest BCUT2D eigenvalue weighted by Crippen LogP contribution is -2.34. The van der Waals surface area contributed by atoms with Gasteiger partial charge in [-0.1, -0.05) is 13.3 Å². The van der Waals surface area contributed by atoms with Crippen molar-refractivity contribution >= 4 is 6.09 Å². The van der Waals surface area contributed by atoms with E-state index in [1.54, 1.807) is 0 Å². The molecule has 0 saturated heterocycles. The van der Waals surface area contributed by atoms with Gasteiger partial charge in [0.2, 0.25) is 0 Å². The zero-order chi connectivity index (χ0) is 11.5. The summed E-state index contributed by atoms with van der Waals surface area (Å²) in [6, 6.07) is 3.17. The number of nitrogens with zero attached hydrogens (tertiary/aromatic N) is 2. The largest absolute Gasteiger partial charge is 0.450 e. The molecule has 1 amide bonds. The predicted octanol–water partition coefficient (Wildman–Crippen LogP) is 1.71. The average molecular weight is 209 g/mol. The van der Waals surface area contributed by atoms with E-state index in [1.807, 2.05) is 19.1 Å². The third kappa shape index (κ3) is 7.33. The molecule has 0 aromatic rings. The van der Waals surface area contributed by atoms with Gasteiger partial charge in [-0.15, -0.1) is 0 Å². The van der Waals surface area contributed by atoms with E-state index in [2.05, 4.69) is 5.32 Å². The molecule has 0 aliphatic heterocycles. The smallest absolute Gasteiger partial charge is 0.408 e. The minimum Gasteiger partial charge on any atom is -0.450 e. The standard InChI is InChI=1S/C10H15N3O2/c1-2-3-7-15-10(14)13-9(8-12)5-4-6-11/h9H,2-5,7H2,1H3,(H,13,14). The van der Waals surface area contributed by atoms with Gasteiger partial charge in [-0.3, -0.25) is 0 Å². The number of nitriles is 2. The maximum Gasteiger partial charge on any atom is 0.408 e. The second-order valence-corrected chi connectivity index (χ2v) is 3.01. The molecule has 0 bridgehead atoms. The van der Waals surface area contributed by atoms with Crippen LogP contribution in [0.25, 0.3) is 0 Å². The van der Waals surface area contributed by atoms with E-state index in [-0.39, 0.29) is 6.42 Å². The van der Waals surface area contributed by atoms with Crippen molar-refractivity contribution in [2.45, 2.75) is 38.6 Å². The molecule has 5 nitrogen and oxygen atoms in total. The molecule has 0 aliphatic rings. The van der Waals surface area contributed by atoms with E-state index in [0.717, 1.165) is 12.8 Å². The molecule has 1 unspecified atom stereocenters. The molecular weight excluding hydrogens is 194 g/mol. The maximum absolute atomic E-state index is 11.1. The zero-order valence-corrected chi connectivity index (χ0v) is 8.82. The number of rotatable bonds is 6. The Morgan fingerprint density at radius 3 is 2.80 bits per heavy atom. The minimum absolute atomic E-state index is 0.244. The second-order valence-electron chi connectivity index (χ2n) is 3.01. The number of hydrogen-bond acceptors (Lipinski definition) is 4. The van der Waals surface area contributed by atoms with Gasteiger partial charge in [0.1, 0.15) is 6.04 Å². The van der Waals surface area contributed by atoms with E-state index in [1.165, 1.54) is 0 Å². The first-order valence-electron chi connectivity index (χ1n) is 4.94. The molecule has 0 heterocycles. The van der Waals surface area contributed by atoms with Crippen molar-refractivity contribution in [2.75, 3.05) is 6.61 Å². The molecule has 0 aliphatic carbocycles. The topological polar surface area (TPSA) is 85.9 Å². The molecule has 1 N–H and O–H groups in total. The van der Waals surface area contributed by atoms with Gasteiger partial charge in [0, 0.05) is 6.42 Å². The summed E-state index contributed by atoms with van der Waals surface area (Å²) in [6.45, 7) is 2.35. The number of amides is 1. The Morgan fingerprint density at radius 1 is 1.53 bits per heavy atom. The Balaban J connectivity index is 3.73. The fraction of sp³-hybridized carbons (Fsp3) is 0.700. The molecule has 0 saturated carbocycles. The molecule has 0 aromatic heterocycles. The molecule has 0 rings (SSSR count). The first-order valence-corrected chi connectivity index (χ1v) is 4.94. The number of nitrogens with one attached hydrogen (secondary N) is 1. The summed E-state index contributed by atoms with van der Waals surface area (Å²) >= 11 is 0. The monoisotopic (exact) mass is 209 g/mol. The Kier molecular flexibility index (Phi) is 7.80. The molecule has 15 heavy (non-hydrogen) atoms. The van der Waals surface area contributed by atoms with Crippen LogP contribution in [0.1, 0.15) is 32.6 Å². The van der Waals surface area contributed by atoms with Crippen LogP contribution in [-0.2, 0) is 4.74 Å². The number of alkyl carbamates (subject to hydrolysis) is 1. The van der Waals surface area contributed by atoms with Crippen LogP contribution in [-0.4, -0.2) is 18.7 Å². The van der Waals surface area contributed by atoms with E-state index >= 15 is 0 Å². The van der Waals surface area contributed by atoms with Crippen LogP contribution in [0, 0.1) is 22.7 Å². The normalized spacial score (nSPS) is 10.9. The average Bonchev–Trinajstić information content (AvgIpc) is 2.24. The Hall–Kier alpha value is -1.75. The first kappa shape index (κ1) is 13.2. The highest BCUT2D eigenvalue weighted by molar-refractivity contribution is 5.67. The molecule has 1 atom stereocenters. The summed E-state index contributed by atoms with van der Waals surface area (Å²) in [7, 11) is 0. The Labute approximate surface area is 89.6 Å². The van der Waals surface area contributed by atoms with Gasteiger partial charge in [-0.05, 0) is 12.8 Å². The Morgan fingerprint density at radius 2 is 2.27 bits per heavy atom. The number of carbonyl (C=O) groups is 1. The summed E-state index contributed by atoms with van der Waals surface area (Å²) in [5.74, 6) is 0. The fourth-order valence-corrected chi connectivity index (χ4v) is 0.871. The number of carbonyl (C=O) groups excluding carboxylic acids is 1. The van der Waals surface area contributed by atoms with Crippen molar-refractivity contribution in [3.63, 3.8) is 0 Å². The quantitative estimate of drug-likeness (QED) is 0.674. The van der Waals surface area contributed by atoms with Crippen molar-refractivity contribution in [2.24, 2.45) is 0 Å². The molecule has 5 heteroatoms. The van der Waals surface area contributed by atoms with E-state index in [4.69, 9.17) is 15.3 Å². The zero-order valence-electron chi connectivity index (χ0n) is 8.82. The number of unbranched alkanes of at least 4 members (excludes halogenated alkanes) is 1. The molecule has 0 spiro atoms. The van der Waals surface area contributed by atoms with Gasteiger partial charge >= 0.3 is 6.09 Å². The lowest BCUT2D eigenvalue weighted by molar-refractivity contribution is 0.142. The molecule has 0 radical (unpaired) electrons. The van der Waals surface area contributed by atoms with Crippen molar-refractivity contribution < 1.29 is 9.53 Å². The molecule has 82 valence electrons. The Bertz CT molecular complexity index is 265. The number of ether oxygens (including phenoxy) is 1. The summed E-state index contributed by atoms with van der Waals surface area (Å²) in [5, 5.41) is 19.3.